The lowest BCUT2D eigenvalue weighted by Gasteiger charge is -2.24. The molecular formula is C16H15BO2. The van der Waals surface area contributed by atoms with Gasteiger partial charge in [-0.3, -0.25) is 4.79 Å². The summed E-state index contributed by atoms with van der Waals surface area (Å²) in [4.78, 5) is 12.1. The van der Waals surface area contributed by atoms with Gasteiger partial charge in [0.15, 0.2) is 0 Å². The van der Waals surface area contributed by atoms with E-state index in [-0.39, 0.29) is 11.9 Å². The summed E-state index contributed by atoms with van der Waals surface area (Å²) in [5.74, 6) is 2.39. The van der Waals surface area contributed by atoms with Gasteiger partial charge in [-0.05, 0) is 22.8 Å². The quantitative estimate of drug-likeness (QED) is 0.574. The van der Waals surface area contributed by atoms with Crippen molar-refractivity contribution in [2.24, 2.45) is 0 Å². The number of hydrogen-bond donors (Lipinski definition) is 0. The van der Waals surface area contributed by atoms with E-state index in [1.165, 1.54) is 5.39 Å². The van der Waals surface area contributed by atoms with Crippen LogP contribution >= 0.6 is 0 Å². The lowest BCUT2D eigenvalue weighted by atomic mass is 9.88. The average Bonchev–Trinajstić information content (AvgIpc) is 2.46. The number of fused-ring (bicyclic) bond motifs is 1. The Morgan fingerprint density at radius 1 is 1.16 bits per heavy atom. The minimum atomic E-state index is -0.144. The van der Waals surface area contributed by atoms with Crippen molar-refractivity contribution >= 4 is 24.6 Å². The van der Waals surface area contributed by atoms with Crippen LogP contribution in [0.2, 0.25) is 0 Å². The minimum Gasteiger partial charge on any atom is -0.432 e. The largest absolute Gasteiger partial charge is 0.432 e. The summed E-state index contributed by atoms with van der Waals surface area (Å²) < 4.78 is 5.37. The Morgan fingerprint density at radius 2 is 1.95 bits per heavy atom. The molecular weight excluding hydrogens is 235 g/mol. The normalized spacial score (nSPS) is 21.6. The molecule has 0 N–H and O–H groups in total. The standard InChI is InChI=1S/C16H15BO2/c17-10-12-8-9-15(16(18)19-12)14-7-3-5-11-4-1-2-6-13(11)14/h1-7,10,15H,8-9,17H2/b12-10+. The fraction of sp³-hybridized carbons (Fsp3) is 0.188. The highest BCUT2D eigenvalue weighted by molar-refractivity contribution is 6.17. The molecule has 2 aromatic carbocycles. The zero-order valence-corrected chi connectivity index (χ0v) is 10.9. The van der Waals surface area contributed by atoms with Crippen LogP contribution < -0.4 is 0 Å². The highest BCUT2D eigenvalue weighted by Crippen LogP contribution is 2.34. The number of benzene rings is 2. The van der Waals surface area contributed by atoms with Crippen molar-refractivity contribution in [3.05, 3.63) is 59.8 Å². The van der Waals surface area contributed by atoms with Crippen LogP contribution in [0.4, 0.5) is 0 Å². The Labute approximate surface area is 113 Å². The maximum absolute atomic E-state index is 12.1. The van der Waals surface area contributed by atoms with Gasteiger partial charge in [0.1, 0.15) is 7.85 Å². The van der Waals surface area contributed by atoms with Gasteiger partial charge in [0.05, 0.1) is 11.7 Å². The molecule has 2 nitrogen and oxygen atoms in total. The van der Waals surface area contributed by atoms with E-state index in [4.69, 9.17) is 4.74 Å². The van der Waals surface area contributed by atoms with Gasteiger partial charge in [-0.25, -0.2) is 0 Å². The zero-order chi connectivity index (χ0) is 13.2. The van der Waals surface area contributed by atoms with Crippen molar-refractivity contribution in [2.45, 2.75) is 18.8 Å². The Kier molecular flexibility index (Phi) is 3.12. The third kappa shape index (κ3) is 2.16. The molecule has 1 aliphatic heterocycles. The molecule has 1 atom stereocenters. The molecule has 0 spiro atoms. The minimum absolute atomic E-state index is 0.129. The van der Waals surface area contributed by atoms with E-state index >= 15 is 0 Å². The molecule has 3 rings (SSSR count). The Balaban J connectivity index is 2.03. The summed E-state index contributed by atoms with van der Waals surface area (Å²) in [6.45, 7) is 0. The van der Waals surface area contributed by atoms with Gasteiger partial charge in [0, 0.05) is 6.42 Å². The molecule has 1 heterocycles. The SMILES string of the molecule is B/C=C1\CCC(c2cccc3ccccc23)C(=O)O1. The van der Waals surface area contributed by atoms with Crippen LogP contribution in [0.3, 0.4) is 0 Å². The van der Waals surface area contributed by atoms with Crippen LogP contribution in [0.5, 0.6) is 0 Å². The summed E-state index contributed by atoms with van der Waals surface area (Å²) >= 11 is 0. The van der Waals surface area contributed by atoms with Crippen molar-refractivity contribution in [3.8, 4) is 0 Å². The molecule has 19 heavy (non-hydrogen) atoms. The van der Waals surface area contributed by atoms with E-state index < -0.39 is 0 Å². The van der Waals surface area contributed by atoms with Crippen molar-refractivity contribution < 1.29 is 9.53 Å². The first kappa shape index (κ1) is 12.0. The van der Waals surface area contributed by atoms with E-state index in [9.17, 15) is 4.79 Å². The smallest absolute Gasteiger partial charge is 0.318 e. The second-order valence-electron chi connectivity index (χ2n) is 4.84. The third-order valence-electron chi connectivity index (χ3n) is 3.72. The number of cyclic esters (lactones) is 1. The number of allylic oxidation sites excluding steroid dienone is 1. The van der Waals surface area contributed by atoms with Gasteiger partial charge in [0.25, 0.3) is 0 Å². The van der Waals surface area contributed by atoms with Crippen LogP contribution in [0, 0.1) is 0 Å². The van der Waals surface area contributed by atoms with E-state index in [0.717, 1.165) is 29.6 Å². The highest BCUT2D eigenvalue weighted by atomic mass is 16.5. The molecule has 3 heteroatoms. The van der Waals surface area contributed by atoms with Gasteiger partial charge >= 0.3 is 5.97 Å². The Morgan fingerprint density at radius 3 is 2.74 bits per heavy atom. The lowest BCUT2D eigenvalue weighted by molar-refractivity contribution is -0.143. The van der Waals surface area contributed by atoms with E-state index in [0.29, 0.717) is 0 Å². The monoisotopic (exact) mass is 250 g/mol. The van der Waals surface area contributed by atoms with E-state index in [1.54, 1.807) is 0 Å². The summed E-state index contributed by atoms with van der Waals surface area (Å²) in [6, 6.07) is 14.3. The van der Waals surface area contributed by atoms with Crippen LogP contribution in [0.25, 0.3) is 10.8 Å². The lowest BCUT2D eigenvalue weighted by Crippen LogP contribution is -2.21. The van der Waals surface area contributed by atoms with E-state index in [1.807, 2.05) is 38.1 Å². The van der Waals surface area contributed by atoms with Crippen molar-refractivity contribution in [1.82, 2.24) is 0 Å². The van der Waals surface area contributed by atoms with Crippen molar-refractivity contribution in [1.29, 1.82) is 0 Å². The first-order valence-corrected chi connectivity index (χ1v) is 6.64. The number of carbonyl (C=O) groups is 1. The van der Waals surface area contributed by atoms with Crippen molar-refractivity contribution in [3.63, 3.8) is 0 Å². The summed E-state index contributed by atoms with van der Waals surface area (Å²) in [7, 11) is 1.90. The molecule has 1 unspecified atom stereocenters. The van der Waals surface area contributed by atoms with Crippen LogP contribution in [-0.4, -0.2) is 13.8 Å². The summed E-state index contributed by atoms with van der Waals surface area (Å²) in [5.41, 5.74) is 1.08. The molecule has 1 fully saturated rings. The molecule has 0 bridgehead atoms. The average molecular weight is 250 g/mol. The number of carbonyl (C=O) groups excluding carboxylic acids is 1. The number of ether oxygens (including phenoxy) is 1. The predicted octanol–water partition coefficient (Wildman–Crippen LogP) is 2.73. The van der Waals surface area contributed by atoms with Gasteiger partial charge in [-0.2, -0.15) is 0 Å². The molecule has 1 saturated heterocycles. The second-order valence-corrected chi connectivity index (χ2v) is 4.84. The predicted molar refractivity (Wildman–Crippen MR) is 78.6 cm³/mol. The van der Waals surface area contributed by atoms with Gasteiger partial charge < -0.3 is 4.74 Å². The molecule has 0 amide bonds. The Hall–Kier alpha value is -2.03. The Bertz CT molecular complexity index is 655. The molecule has 0 aliphatic carbocycles. The maximum atomic E-state index is 12.1. The van der Waals surface area contributed by atoms with E-state index in [2.05, 4.69) is 18.2 Å². The van der Waals surface area contributed by atoms with Gasteiger partial charge in [-0.15, -0.1) is 0 Å². The molecule has 0 aromatic heterocycles. The maximum Gasteiger partial charge on any atom is 0.318 e. The third-order valence-corrected chi connectivity index (χ3v) is 3.72. The first-order valence-electron chi connectivity index (χ1n) is 6.64. The second kappa shape index (κ2) is 4.92. The summed E-state index contributed by atoms with van der Waals surface area (Å²) in [6.07, 6.45) is 1.66. The number of esters is 1. The van der Waals surface area contributed by atoms with Crippen molar-refractivity contribution in [2.75, 3.05) is 0 Å². The fourth-order valence-corrected chi connectivity index (χ4v) is 2.70. The topological polar surface area (TPSA) is 26.3 Å². The van der Waals surface area contributed by atoms with Crippen LogP contribution in [0.15, 0.2) is 54.2 Å². The van der Waals surface area contributed by atoms with Gasteiger partial charge in [-0.1, -0.05) is 48.4 Å². The van der Waals surface area contributed by atoms with Crippen LogP contribution in [0.1, 0.15) is 24.3 Å². The van der Waals surface area contributed by atoms with Crippen LogP contribution in [-0.2, 0) is 9.53 Å². The molecule has 0 saturated carbocycles. The fourth-order valence-electron chi connectivity index (χ4n) is 2.70. The number of rotatable bonds is 1. The molecule has 2 aromatic rings. The van der Waals surface area contributed by atoms with Gasteiger partial charge in [0.2, 0.25) is 0 Å². The molecule has 0 radical (unpaired) electrons. The first-order chi connectivity index (χ1) is 9.29. The molecule has 1 aliphatic rings. The number of hydrogen-bond acceptors (Lipinski definition) is 2. The zero-order valence-electron chi connectivity index (χ0n) is 10.9. The molecule has 94 valence electrons. The highest BCUT2D eigenvalue weighted by Gasteiger charge is 2.29. The summed E-state index contributed by atoms with van der Waals surface area (Å²) in [5, 5.41) is 2.32.